The predicted octanol–water partition coefficient (Wildman–Crippen LogP) is 8.37. The van der Waals surface area contributed by atoms with Crippen molar-refractivity contribution in [2.24, 2.45) is 0 Å². The quantitative estimate of drug-likeness (QED) is 0.192. The number of carbonyl (C=O) groups is 2. The number of H-pyrrole nitrogens is 1. The number of hydrogen-bond donors (Lipinski definition) is 1. The lowest BCUT2D eigenvalue weighted by molar-refractivity contribution is -0.113. The summed E-state index contributed by atoms with van der Waals surface area (Å²) < 4.78 is 2.19. The molecule has 0 bridgehead atoms. The average molecular weight is 525 g/mol. The molecular formula is C28H30BrNO2S. The van der Waals surface area contributed by atoms with Crippen LogP contribution in [0.5, 0.6) is 0 Å². The summed E-state index contributed by atoms with van der Waals surface area (Å²) in [7, 11) is 0. The number of hydrogen-bond acceptors (Lipinski definition) is 3. The third-order valence-corrected chi connectivity index (χ3v) is 7.69. The van der Waals surface area contributed by atoms with Gasteiger partial charge in [0.2, 0.25) is 0 Å². The van der Waals surface area contributed by atoms with Crippen molar-refractivity contribution in [2.75, 3.05) is 0 Å². The maximum absolute atomic E-state index is 12.5. The summed E-state index contributed by atoms with van der Waals surface area (Å²) in [5.41, 5.74) is 8.11. The number of benzene rings is 1. The molecule has 0 saturated heterocycles. The molecule has 0 aliphatic heterocycles. The summed E-state index contributed by atoms with van der Waals surface area (Å²) in [6.07, 6.45) is 1.87. The molecule has 3 rings (SSSR count). The van der Waals surface area contributed by atoms with E-state index < -0.39 is 0 Å². The highest BCUT2D eigenvalue weighted by Crippen LogP contribution is 2.45. The number of allylic oxidation sites excluding steroid dienone is 5. The second-order valence-electron chi connectivity index (χ2n) is 8.56. The highest BCUT2D eigenvalue weighted by Gasteiger charge is 2.30. The average Bonchev–Trinajstić information content (AvgIpc) is 3.25. The van der Waals surface area contributed by atoms with Gasteiger partial charge in [-0.25, -0.2) is 0 Å². The van der Waals surface area contributed by atoms with Crippen molar-refractivity contribution in [1.29, 1.82) is 0 Å². The lowest BCUT2D eigenvalue weighted by Crippen LogP contribution is -2.12. The molecule has 1 atom stereocenters. The van der Waals surface area contributed by atoms with Crippen LogP contribution in [0.4, 0.5) is 0 Å². The first kappa shape index (κ1) is 25.1. The number of thiophene rings is 1. The van der Waals surface area contributed by atoms with Crippen LogP contribution in [0.25, 0.3) is 10.1 Å². The van der Waals surface area contributed by atoms with E-state index in [4.69, 9.17) is 0 Å². The van der Waals surface area contributed by atoms with Gasteiger partial charge in [0.1, 0.15) is 0 Å². The first-order valence-electron chi connectivity index (χ1n) is 10.9. The third-order valence-electron chi connectivity index (χ3n) is 6.22. The number of rotatable bonds is 7. The fraction of sp³-hybridized carbons (Fsp3) is 0.286. The second-order valence-corrected chi connectivity index (χ2v) is 10.4. The van der Waals surface area contributed by atoms with Gasteiger partial charge in [-0.05, 0) is 99.7 Å². The molecule has 2 heterocycles. The number of nitrogens with one attached hydrogen (secondary N) is 1. The van der Waals surface area contributed by atoms with E-state index in [0.29, 0.717) is 5.57 Å². The minimum absolute atomic E-state index is 0.0224. The molecule has 172 valence electrons. The molecule has 0 aliphatic carbocycles. The molecular weight excluding hydrogens is 494 g/mol. The molecule has 1 aromatic carbocycles. The van der Waals surface area contributed by atoms with Crippen molar-refractivity contribution in [1.82, 2.24) is 4.98 Å². The Morgan fingerprint density at radius 3 is 2.33 bits per heavy atom. The standard InChI is InChI=1S/C28H30BrNO2S/c1-9-21(18(7)31)15(4)25(14(2)3)27(28-16(5)26(19(8)32)17(6)30-28)23-13-33-24-11-10-20(29)12-22(23)24/h9-13,27,30H,2H2,1,3-8H3. The monoisotopic (exact) mass is 523 g/mol. The van der Waals surface area contributed by atoms with Crippen LogP contribution in [0.1, 0.15) is 73.4 Å². The number of ketones is 2. The summed E-state index contributed by atoms with van der Waals surface area (Å²) in [5.74, 6) is -0.138. The molecule has 2 aromatic heterocycles. The molecule has 5 heteroatoms. The normalized spacial score (nSPS) is 13.8. The number of fused-ring (bicyclic) bond motifs is 1. The Bertz CT molecular complexity index is 1350. The Kier molecular flexibility index (Phi) is 7.45. The Hall–Kier alpha value is -2.50. The van der Waals surface area contributed by atoms with Crippen molar-refractivity contribution in [2.45, 2.75) is 54.4 Å². The Balaban J connectivity index is 2.48. The molecule has 0 aliphatic rings. The highest BCUT2D eigenvalue weighted by atomic mass is 79.9. The molecule has 0 radical (unpaired) electrons. The van der Waals surface area contributed by atoms with Gasteiger partial charge in [0, 0.05) is 31.7 Å². The van der Waals surface area contributed by atoms with Crippen molar-refractivity contribution >= 4 is 48.9 Å². The van der Waals surface area contributed by atoms with E-state index in [9.17, 15) is 9.59 Å². The number of aromatic nitrogens is 1. The Labute approximate surface area is 208 Å². The summed E-state index contributed by atoms with van der Waals surface area (Å²) >= 11 is 5.32. The zero-order valence-corrected chi connectivity index (χ0v) is 22.7. The van der Waals surface area contributed by atoms with E-state index in [-0.39, 0.29) is 17.5 Å². The third kappa shape index (κ3) is 4.62. The van der Waals surface area contributed by atoms with Crippen LogP contribution < -0.4 is 0 Å². The first-order valence-corrected chi connectivity index (χ1v) is 12.6. The van der Waals surface area contributed by atoms with Gasteiger partial charge in [-0.15, -0.1) is 11.3 Å². The van der Waals surface area contributed by atoms with E-state index in [1.807, 2.05) is 46.8 Å². The van der Waals surface area contributed by atoms with Gasteiger partial charge in [-0.2, -0.15) is 0 Å². The van der Waals surface area contributed by atoms with Crippen LogP contribution in [0.15, 0.2) is 63.0 Å². The zero-order chi connectivity index (χ0) is 24.6. The highest BCUT2D eigenvalue weighted by molar-refractivity contribution is 9.10. The number of carbonyl (C=O) groups excluding carboxylic acids is 2. The predicted molar refractivity (Wildman–Crippen MR) is 144 cm³/mol. The summed E-state index contributed by atoms with van der Waals surface area (Å²) in [6, 6.07) is 6.30. The molecule has 1 unspecified atom stereocenters. The molecule has 0 spiro atoms. The van der Waals surface area contributed by atoms with Crippen LogP contribution in [0, 0.1) is 13.8 Å². The van der Waals surface area contributed by atoms with Crippen LogP contribution in [0.3, 0.4) is 0 Å². The van der Waals surface area contributed by atoms with Crippen LogP contribution in [-0.4, -0.2) is 16.6 Å². The molecule has 0 fully saturated rings. The van der Waals surface area contributed by atoms with Gasteiger partial charge in [0.25, 0.3) is 0 Å². The van der Waals surface area contributed by atoms with Gasteiger partial charge in [0.15, 0.2) is 11.6 Å². The van der Waals surface area contributed by atoms with E-state index in [1.54, 1.807) is 25.2 Å². The number of Topliss-reactive ketones (excluding diaryl/α,β-unsaturated/α-hetero) is 2. The lowest BCUT2D eigenvalue weighted by atomic mass is 9.79. The first-order chi connectivity index (χ1) is 15.5. The summed E-state index contributed by atoms with van der Waals surface area (Å²) in [4.78, 5) is 28.4. The van der Waals surface area contributed by atoms with Crippen molar-refractivity contribution in [3.63, 3.8) is 0 Å². The fourth-order valence-corrected chi connectivity index (χ4v) is 6.23. The fourth-order valence-electron chi connectivity index (χ4n) is 4.90. The van der Waals surface area contributed by atoms with Crippen molar-refractivity contribution in [3.8, 4) is 0 Å². The number of aryl methyl sites for hydroxylation is 1. The SMILES string of the molecule is C=C(C)C(=C(C)C(=CC)C(C)=O)C(c1[nH]c(C)c(C(C)=O)c1C)c1csc2ccc(Br)cc12. The Morgan fingerprint density at radius 1 is 1.15 bits per heavy atom. The number of halogens is 1. The lowest BCUT2D eigenvalue weighted by Gasteiger charge is -2.25. The molecule has 1 N–H and O–H groups in total. The topological polar surface area (TPSA) is 49.9 Å². The maximum Gasteiger partial charge on any atom is 0.161 e. The van der Waals surface area contributed by atoms with E-state index in [2.05, 4.69) is 45.0 Å². The largest absolute Gasteiger partial charge is 0.361 e. The minimum Gasteiger partial charge on any atom is -0.361 e. The summed E-state index contributed by atoms with van der Waals surface area (Å²) in [5, 5.41) is 3.33. The molecule has 3 aromatic rings. The van der Waals surface area contributed by atoms with Gasteiger partial charge in [-0.3, -0.25) is 9.59 Å². The van der Waals surface area contributed by atoms with Gasteiger partial charge < -0.3 is 4.98 Å². The van der Waals surface area contributed by atoms with Crippen molar-refractivity contribution < 1.29 is 9.59 Å². The maximum atomic E-state index is 12.5. The van der Waals surface area contributed by atoms with Crippen LogP contribution in [-0.2, 0) is 4.79 Å². The molecule has 0 amide bonds. The van der Waals surface area contributed by atoms with E-state index in [0.717, 1.165) is 54.7 Å². The van der Waals surface area contributed by atoms with Crippen molar-refractivity contribution in [3.05, 3.63) is 91.1 Å². The second kappa shape index (κ2) is 9.78. The van der Waals surface area contributed by atoms with Gasteiger partial charge in [0.05, 0.1) is 5.92 Å². The zero-order valence-electron chi connectivity index (χ0n) is 20.3. The van der Waals surface area contributed by atoms with Gasteiger partial charge in [-0.1, -0.05) is 34.2 Å². The van der Waals surface area contributed by atoms with E-state index >= 15 is 0 Å². The number of aromatic amines is 1. The minimum atomic E-state index is -0.202. The van der Waals surface area contributed by atoms with Crippen LogP contribution >= 0.6 is 27.3 Å². The molecule has 33 heavy (non-hydrogen) atoms. The molecule has 3 nitrogen and oxygen atoms in total. The molecule has 0 saturated carbocycles. The van der Waals surface area contributed by atoms with Gasteiger partial charge >= 0.3 is 0 Å². The van der Waals surface area contributed by atoms with E-state index in [1.165, 1.54) is 4.70 Å². The van der Waals surface area contributed by atoms with Crippen LogP contribution in [0.2, 0.25) is 0 Å². The smallest absolute Gasteiger partial charge is 0.161 e. The Morgan fingerprint density at radius 2 is 1.82 bits per heavy atom. The summed E-state index contributed by atoms with van der Waals surface area (Å²) in [6.45, 7) is 17.3.